The third-order valence-corrected chi connectivity index (χ3v) is 2.69. The number of hydrogen-bond donors (Lipinski definition) is 1. The number of nitrogens with zero attached hydrogens (tertiary/aromatic N) is 3. The Morgan fingerprint density at radius 2 is 2.17 bits per heavy atom. The van der Waals surface area contributed by atoms with E-state index >= 15 is 0 Å². The zero-order valence-electron chi connectivity index (χ0n) is 9.81. The molecule has 1 aromatic rings. The number of aromatic nitrogens is 2. The molecule has 0 radical (unpaired) electrons. The first-order chi connectivity index (χ1) is 8.36. The fraction of sp³-hybridized carbons (Fsp3) is 0.800. The first-order valence-electron chi connectivity index (χ1n) is 5.62. The van der Waals surface area contributed by atoms with Gasteiger partial charge in [0.05, 0.1) is 6.54 Å². The molecular formula is C10H14F3N3O2. The summed E-state index contributed by atoms with van der Waals surface area (Å²) >= 11 is 0. The van der Waals surface area contributed by atoms with E-state index in [1.165, 1.54) is 11.9 Å². The highest BCUT2D eigenvalue weighted by Crippen LogP contribution is 2.38. The van der Waals surface area contributed by atoms with Crippen LogP contribution in [0, 0.1) is 0 Å². The molecule has 1 fully saturated rings. The Bertz CT molecular complexity index is 403. The van der Waals surface area contributed by atoms with Crippen molar-refractivity contribution in [2.24, 2.45) is 0 Å². The third kappa shape index (κ3) is 3.42. The van der Waals surface area contributed by atoms with Gasteiger partial charge in [0.25, 0.3) is 0 Å². The van der Waals surface area contributed by atoms with Crippen LogP contribution in [-0.4, -0.2) is 46.0 Å². The van der Waals surface area contributed by atoms with Crippen LogP contribution in [0.25, 0.3) is 0 Å². The van der Waals surface area contributed by atoms with Crippen molar-refractivity contribution in [3.63, 3.8) is 0 Å². The van der Waals surface area contributed by atoms with E-state index in [1.807, 2.05) is 0 Å². The van der Waals surface area contributed by atoms with Crippen LogP contribution in [0.3, 0.4) is 0 Å². The zero-order chi connectivity index (χ0) is 13.3. The lowest BCUT2D eigenvalue weighted by Crippen LogP contribution is -2.39. The van der Waals surface area contributed by atoms with E-state index < -0.39 is 18.8 Å². The predicted molar refractivity (Wildman–Crippen MR) is 54.7 cm³/mol. The largest absolute Gasteiger partial charge is 0.415 e. The Kier molecular flexibility index (Phi) is 3.58. The van der Waals surface area contributed by atoms with Crippen molar-refractivity contribution < 1.29 is 22.8 Å². The van der Waals surface area contributed by atoms with Crippen LogP contribution in [0.5, 0.6) is 0 Å². The molecule has 0 aromatic carbocycles. The minimum Gasteiger partial charge on any atom is -0.382 e. The number of likely N-dealkylation sites (N-methyl/N-ethyl adjacent to an activating group) is 1. The number of rotatable bonds is 5. The van der Waals surface area contributed by atoms with Gasteiger partial charge in [0.2, 0.25) is 5.89 Å². The molecule has 102 valence electrons. The van der Waals surface area contributed by atoms with Gasteiger partial charge >= 0.3 is 6.18 Å². The maximum Gasteiger partial charge on any atom is 0.415 e. The van der Waals surface area contributed by atoms with Gasteiger partial charge in [-0.15, -0.1) is 0 Å². The van der Waals surface area contributed by atoms with Gasteiger partial charge in [-0.25, -0.2) is 0 Å². The summed E-state index contributed by atoms with van der Waals surface area (Å²) in [6, 6.07) is 0. The summed E-state index contributed by atoms with van der Waals surface area (Å²) < 4.78 is 41.4. The smallest absolute Gasteiger partial charge is 0.382 e. The second-order valence-electron chi connectivity index (χ2n) is 4.57. The van der Waals surface area contributed by atoms with E-state index in [1.54, 1.807) is 0 Å². The molecule has 0 aliphatic heterocycles. The molecule has 1 aliphatic rings. The van der Waals surface area contributed by atoms with Gasteiger partial charge in [0.15, 0.2) is 11.9 Å². The van der Waals surface area contributed by atoms with Crippen molar-refractivity contribution in [2.45, 2.75) is 37.6 Å². The maximum absolute atomic E-state index is 12.1. The van der Waals surface area contributed by atoms with Crippen molar-refractivity contribution >= 4 is 0 Å². The minimum atomic E-state index is -4.61. The molecule has 0 bridgehead atoms. The molecule has 18 heavy (non-hydrogen) atoms. The van der Waals surface area contributed by atoms with Gasteiger partial charge in [-0.05, 0) is 19.9 Å². The quantitative estimate of drug-likeness (QED) is 0.869. The lowest BCUT2D eigenvalue weighted by atomic mass is 10.3. The van der Waals surface area contributed by atoms with Crippen molar-refractivity contribution in [1.82, 2.24) is 15.0 Å². The molecule has 8 heteroatoms. The molecule has 0 saturated heterocycles. The summed E-state index contributed by atoms with van der Waals surface area (Å²) in [5.74, 6) is 1.23. The van der Waals surface area contributed by atoms with Crippen LogP contribution in [-0.2, 0) is 6.54 Å². The van der Waals surface area contributed by atoms with Gasteiger partial charge in [0.1, 0.15) is 0 Å². The summed E-state index contributed by atoms with van der Waals surface area (Å²) in [5, 5.41) is 12.7. The number of hydrogen-bond acceptors (Lipinski definition) is 5. The number of aliphatic hydroxyl groups excluding tert-OH is 1. The molecule has 1 aliphatic carbocycles. The number of aliphatic hydroxyl groups is 1. The van der Waals surface area contributed by atoms with Crippen molar-refractivity contribution in [3.05, 3.63) is 11.7 Å². The molecule has 1 aromatic heterocycles. The second kappa shape index (κ2) is 4.85. The molecule has 0 spiro atoms. The summed E-state index contributed by atoms with van der Waals surface area (Å²) in [4.78, 5) is 5.39. The van der Waals surface area contributed by atoms with Crippen LogP contribution in [0.15, 0.2) is 4.52 Å². The van der Waals surface area contributed by atoms with Crippen LogP contribution in [0.4, 0.5) is 13.2 Å². The van der Waals surface area contributed by atoms with Crippen molar-refractivity contribution in [3.8, 4) is 0 Å². The second-order valence-corrected chi connectivity index (χ2v) is 4.57. The van der Waals surface area contributed by atoms with E-state index in [0.29, 0.717) is 11.7 Å². The van der Waals surface area contributed by atoms with Gasteiger partial charge in [0, 0.05) is 12.5 Å². The van der Waals surface area contributed by atoms with Crippen LogP contribution >= 0.6 is 0 Å². The SMILES string of the molecule is CN(Cc1nc(C2CC2)no1)CC(O)C(F)(F)F. The Balaban J connectivity index is 1.84. The van der Waals surface area contributed by atoms with E-state index in [2.05, 4.69) is 10.1 Å². The highest BCUT2D eigenvalue weighted by Gasteiger charge is 2.38. The van der Waals surface area contributed by atoms with E-state index in [4.69, 9.17) is 9.63 Å². The Morgan fingerprint density at radius 1 is 1.50 bits per heavy atom. The van der Waals surface area contributed by atoms with E-state index in [-0.39, 0.29) is 12.4 Å². The molecule has 1 N–H and O–H groups in total. The lowest BCUT2D eigenvalue weighted by molar-refractivity contribution is -0.207. The van der Waals surface area contributed by atoms with Crippen LogP contribution < -0.4 is 0 Å². The summed E-state index contributed by atoms with van der Waals surface area (Å²) in [6.45, 7) is -0.433. The normalized spacial score (nSPS) is 18.3. The maximum atomic E-state index is 12.1. The average Bonchev–Trinajstić information content (AvgIpc) is 2.99. The molecule has 1 unspecified atom stereocenters. The van der Waals surface area contributed by atoms with Gasteiger partial charge < -0.3 is 9.63 Å². The van der Waals surface area contributed by atoms with E-state index in [9.17, 15) is 13.2 Å². The molecule has 1 atom stereocenters. The fourth-order valence-corrected chi connectivity index (χ4v) is 1.53. The summed E-state index contributed by atoms with van der Waals surface area (Å²) in [5.41, 5.74) is 0. The van der Waals surface area contributed by atoms with Crippen LogP contribution in [0.2, 0.25) is 0 Å². The molecule has 2 rings (SSSR count). The van der Waals surface area contributed by atoms with Crippen molar-refractivity contribution in [1.29, 1.82) is 0 Å². The topological polar surface area (TPSA) is 62.4 Å². The van der Waals surface area contributed by atoms with Gasteiger partial charge in [-0.2, -0.15) is 18.2 Å². The van der Waals surface area contributed by atoms with Crippen molar-refractivity contribution in [2.75, 3.05) is 13.6 Å². The number of halogens is 3. The molecule has 5 nitrogen and oxygen atoms in total. The standard InChI is InChI=1S/C10H14F3N3O2/c1-16(4-7(17)10(11,12)13)5-8-14-9(15-18-8)6-2-3-6/h6-7,17H,2-5H2,1H3. The average molecular weight is 265 g/mol. The minimum absolute atomic E-state index is 0.0901. The Hall–Kier alpha value is -1.15. The summed E-state index contributed by atoms with van der Waals surface area (Å²) in [6.07, 6.45) is -4.92. The molecule has 1 saturated carbocycles. The highest BCUT2D eigenvalue weighted by molar-refractivity contribution is 5.03. The first kappa shape index (κ1) is 13.3. The predicted octanol–water partition coefficient (Wildman–Crippen LogP) is 1.30. The summed E-state index contributed by atoms with van der Waals surface area (Å²) in [7, 11) is 1.45. The third-order valence-electron chi connectivity index (χ3n) is 2.69. The molecule has 1 heterocycles. The molecule has 0 amide bonds. The fourth-order valence-electron chi connectivity index (χ4n) is 1.53. The Morgan fingerprint density at radius 3 is 2.72 bits per heavy atom. The highest BCUT2D eigenvalue weighted by atomic mass is 19.4. The lowest BCUT2D eigenvalue weighted by Gasteiger charge is -2.20. The van der Waals surface area contributed by atoms with E-state index in [0.717, 1.165) is 12.8 Å². The van der Waals surface area contributed by atoms with Gasteiger partial charge in [-0.1, -0.05) is 5.16 Å². The van der Waals surface area contributed by atoms with Crippen LogP contribution in [0.1, 0.15) is 30.5 Å². The monoisotopic (exact) mass is 265 g/mol. The van der Waals surface area contributed by atoms with Gasteiger partial charge in [-0.3, -0.25) is 4.90 Å². The molecular weight excluding hydrogens is 251 g/mol. The number of alkyl halides is 3. The zero-order valence-corrected chi connectivity index (χ0v) is 9.81. The Labute approximate surface area is 102 Å². The first-order valence-corrected chi connectivity index (χ1v) is 5.62.